The number of para-hydroxylation sites is 1. The molecule has 3 saturated heterocycles. The molecule has 6 heteroatoms. The second-order valence-electron chi connectivity index (χ2n) is 11.5. The van der Waals surface area contributed by atoms with Crippen LogP contribution in [0.1, 0.15) is 35.2 Å². The zero-order valence-corrected chi connectivity index (χ0v) is 20.3. The zero-order chi connectivity index (χ0) is 23.5. The van der Waals surface area contributed by atoms with Crippen LogP contribution < -0.4 is 4.90 Å². The van der Waals surface area contributed by atoms with Gasteiger partial charge in [-0.15, -0.1) is 0 Å². The summed E-state index contributed by atoms with van der Waals surface area (Å²) >= 11 is 6.10. The van der Waals surface area contributed by atoms with Crippen molar-refractivity contribution in [2.24, 2.45) is 11.8 Å². The molecule has 5 heterocycles. The molecule has 7 atom stereocenters. The van der Waals surface area contributed by atoms with Gasteiger partial charge in [0.05, 0.1) is 37.1 Å². The van der Waals surface area contributed by atoms with E-state index >= 15 is 0 Å². The molecule has 6 aliphatic rings. The van der Waals surface area contributed by atoms with Crippen LogP contribution in [0, 0.1) is 11.8 Å². The van der Waals surface area contributed by atoms with Gasteiger partial charge in [0.25, 0.3) is 0 Å². The molecule has 0 N–H and O–H groups in total. The van der Waals surface area contributed by atoms with Crippen molar-refractivity contribution in [3.8, 4) is 0 Å². The number of anilines is 1. The molecule has 2 bridgehead atoms. The lowest BCUT2D eigenvalue weighted by atomic mass is 9.53. The van der Waals surface area contributed by atoms with Gasteiger partial charge < -0.3 is 14.1 Å². The van der Waals surface area contributed by atoms with Crippen molar-refractivity contribution in [2.75, 3.05) is 31.1 Å². The molecule has 1 saturated carbocycles. The molecular weight excluding hydrogens is 460 g/mol. The minimum absolute atomic E-state index is 0.00839. The summed E-state index contributed by atoms with van der Waals surface area (Å²) in [7, 11) is 0. The van der Waals surface area contributed by atoms with Crippen LogP contribution in [-0.4, -0.2) is 60.6 Å². The number of quaternary nitrogens is 1. The summed E-state index contributed by atoms with van der Waals surface area (Å²) in [4.78, 5) is 29.4. The summed E-state index contributed by atoms with van der Waals surface area (Å²) in [5, 5.41) is 0.649. The summed E-state index contributed by atoms with van der Waals surface area (Å²) in [6, 6.07) is 16.4. The number of amides is 1. The van der Waals surface area contributed by atoms with Crippen LogP contribution in [0.15, 0.2) is 60.2 Å². The van der Waals surface area contributed by atoms with E-state index < -0.39 is 0 Å². The summed E-state index contributed by atoms with van der Waals surface area (Å²) in [5.41, 5.74) is 4.52. The first-order valence-corrected chi connectivity index (χ1v) is 13.3. The van der Waals surface area contributed by atoms with Gasteiger partial charge in [0.2, 0.25) is 11.7 Å². The topological polar surface area (TPSA) is 46.6 Å². The monoisotopic (exact) mass is 487 g/mol. The second-order valence-corrected chi connectivity index (χ2v) is 11.9. The van der Waals surface area contributed by atoms with Crippen LogP contribution in [0.5, 0.6) is 0 Å². The molecule has 1 aliphatic carbocycles. The van der Waals surface area contributed by atoms with Crippen LogP contribution in [0.2, 0.25) is 5.02 Å². The largest absolute Gasteiger partial charge is 0.373 e. The normalized spacial score (nSPS) is 39.7. The standard InChI is InChI=1S/C29H28ClN2O3/c30-19-7-5-17(6-8-19)23(33)16-32-11-10-29-21-3-1-2-4-22(21)31-26(34)14-24-27(28(29)31)20(13-25(29)32)18(15-32)9-12-35-24/h1-9,20,24-25,27-28H,10-16H2/q+1/t20-,24-,25?,27?,28?,29+,32?/m0/s1. The Labute approximate surface area is 209 Å². The fraction of sp³-hybridized carbons (Fsp3) is 0.448. The van der Waals surface area contributed by atoms with Crippen molar-refractivity contribution in [1.82, 2.24) is 0 Å². The van der Waals surface area contributed by atoms with E-state index in [0.717, 1.165) is 41.7 Å². The van der Waals surface area contributed by atoms with E-state index in [1.807, 2.05) is 24.3 Å². The third-order valence-corrected chi connectivity index (χ3v) is 10.6. The van der Waals surface area contributed by atoms with Gasteiger partial charge in [-0.05, 0) is 47.4 Å². The average Bonchev–Trinajstić information content (AvgIpc) is 3.29. The first kappa shape index (κ1) is 20.7. The van der Waals surface area contributed by atoms with Gasteiger partial charge in [0.15, 0.2) is 0 Å². The third kappa shape index (κ3) is 2.47. The molecule has 1 amide bonds. The van der Waals surface area contributed by atoms with Gasteiger partial charge in [-0.1, -0.05) is 35.9 Å². The predicted octanol–water partition coefficient (Wildman–Crippen LogP) is 4.14. The van der Waals surface area contributed by atoms with Crippen LogP contribution in [0.25, 0.3) is 0 Å². The first-order valence-electron chi connectivity index (χ1n) is 12.9. The fourth-order valence-corrected chi connectivity index (χ4v) is 9.34. The van der Waals surface area contributed by atoms with Gasteiger partial charge >= 0.3 is 0 Å². The molecule has 0 aromatic heterocycles. The first-order chi connectivity index (χ1) is 17.0. The van der Waals surface area contributed by atoms with Gasteiger partial charge in [0.1, 0.15) is 19.1 Å². The number of benzene rings is 2. The van der Waals surface area contributed by atoms with Crippen molar-refractivity contribution in [3.05, 3.63) is 76.3 Å². The van der Waals surface area contributed by atoms with Gasteiger partial charge in [-0.3, -0.25) is 9.59 Å². The fourth-order valence-electron chi connectivity index (χ4n) is 9.21. The number of carbonyl (C=O) groups excluding carboxylic acids is 2. The predicted molar refractivity (Wildman–Crippen MR) is 132 cm³/mol. The van der Waals surface area contributed by atoms with E-state index in [2.05, 4.69) is 35.2 Å². The highest BCUT2D eigenvalue weighted by Crippen LogP contribution is 2.67. The van der Waals surface area contributed by atoms with Crippen molar-refractivity contribution in [1.29, 1.82) is 0 Å². The van der Waals surface area contributed by atoms with Crippen LogP contribution >= 0.6 is 11.6 Å². The molecular formula is C29H28ClN2O3+. The maximum absolute atomic E-state index is 13.7. The van der Waals surface area contributed by atoms with Gasteiger partial charge in [-0.25, -0.2) is 0 Å². The van der Waals surface area contributed by atoms with Crippen LogP contribution in [0.4, 0.5) is 5.69 Å². The quantitative estimate of drug-likeness (QED) is 0.371. The molecule has 2 aromatic rings. The minimum atomic E-state index is -0.106. The van der Waals surface area contributed by atoms with Crippen molar-refractivity contribution < 1.29 is 18.8 Å². The molecule has 35 heavy (non-hydrogen) atoms. The van der Waals surface area contributed by atoms with E-state index in [0.29, 0.717) is 42.5 Å². The average molecular weight is 488 g/mol. The Kier molecular flexibility index (Phi) is 4.05. The summed E-state index contributed by atoms with van der Waals surface area (Å²) in [5.74, 6) is 1.15. The number of Topliss-reactive ketones (excluding diaryl/α,β-unsaturated/α-hetero) is 1. The molecule has 178 valence electrons. The third-order valence-electron chi connectivity index (χ3n) is 10.3. The maximum atomic E-state index is 13.7. The Balaban J connectivity index is 1.31. The Hall–Kier alpha value is -2.47. The number of ketones is 1. The molecule has 0 radical (unpaired) electrons. The lowest BCUT2D eigenvalue weighted by Crippen LogP contribution is -2.73. The highest BCUT2D eigenvalue weighted by atomic mass is 35.5. The molecule has 4 fully saturated rings. The number of fused-ring (bicyclic) bond motifs is 2. The Morgan fingerprint density at radius 2 is 2.00 bits per heavy atom. The Morgan fingerprint density at radius 3 is 2.86 bits per heavy atom. The molecule has 4 unspecified atom stereocenters. The number of carbonyl (C=O) groups is 2. The van der Waals surface area contributed by atoms with E-state index in [1.165, 1.54) is 11.1 Å². The minimum Gasteiger partial charge on any atom is -0.373 e. The summed E-state index contributed by atoms with van der Waals surface area (Å²) < 4.78 is 7.18. The van der Waals surface area contributed by atoms with Gasteiger partial charge in [0, 0.05) is 35.0 Å². The van der Waals surface area contributed by atoms with E-state index in [4.69, 9.17) is 16.3 Å². The van der Waals surface area contributed by atoms with Gasteiger partial charge in [-0.2, -0.15) is 0 Å². The molecule has 8 rings (SSSR count). The molecule has 5 aliphatic heterocycles. The molecule has 2 aromatic carbocycles. The summed E-state index contributed by atoms with van der Waals surface area (Å²) in [6.45, 7) is 2.96. The number of hydrogen-bond acceptors (Lipinski definition) is 3. The Bertz CT molecular complexity index is 1320. The lowest BCUT2D eigenvalue weighted by Gasteiger charge is -2.60. The van der Waals surface area contributed by atoms with E-state index in [1.54, 1.807) is 0 Å². The highest BCUT2D eigenvalue weighted by Gasteiger charge is 2.76. The van der Waals surface area contributed by atoms with E-state index in [9.17, 15) is 9.59 Å². The number of halogens is 1. The number of nitrogens with zero attached hydrogens (tertiary/aromatic N) is 2. The zero-order valence-electron chi connectivity index (χ0n) is 19.5. The number of hydrogen-bond donors (Lipinski definition) is 0. The van der Waals surface area contributed by atoms with Crippen LogP contribution in [-0.2, 0) is 14.9 Å². The number of rotatable bonds is 3. The van der Waals surface area contributed by atoms with Crippen molar-refractivity contribution >= 4 is 29.0 Å². The van der Waals surface area contributed by atoms with Crippen LogP contribution in [0.3, 0.4) is 0 Å². The Morgan fingerprint density at radius 1 is 1.17 bits per heavy atom. The number of ether oxygens (including phenoxy) is 1. The second kappa shape index (κ2) is 6.84. The van der Waals surface area contributed by atoms with Crippen molar-refractivity contribution in [2.45, 2.75) is 42.9 Å². The molecule has 1 spiro atoms. The maximum Gasteiger partial charge on any atom is 0.229 e. The van der Waals surface area contributed by atoms with Crippen molar-refractivity contribution in [3.63, 3.8) is 0 Å². The smallest absolute Gasteiger partial charge is 0.229 e. The SMILES string of the molecule is O=C(C[N+]12CC[C@@]34c5ccccc5N5C(=O)C[C@@H]6OCC=C(C1)[C@H](CC32)C6C54)c1ccc(Cl)cc1. The number of piperidine rings is 2. The van der Waals surface area contributed by atoms with E-state index in [-0.39, 0.29) is 29.3 Å². The summed E-state index contributed by atoms with van der Waals surface area (Å²) in [6.07, 6.45) is 4.85. The lowest BCUT2D eigenvalue weighted by molar-refractivity contribution is -0.935. The molecule has 5 nitrogen and oxygen atoms in total. The highest BCUT2D eigenvalue weighted by molar-refractivity contribution is 6.30.